The van der Waals surface area contributed by atoms with Crippen LogP contribution in [0.15, 0.2) is 54.6 Å². The van der Waals surface area contributed by atoms with Gasteiger partial charge in [0.2, 0.25) is 0 Å². The molecule has 2 N–H and O–H groups in total. The molecular formula is C16H16ClNO2. The van der Waals surface area contributed by atoms with Crippen LogP contribution in [0.1, 0.15) is 17.2 Å². The second kappa shape index (κ2) is 7.08. The summed E-state index contributed by atoms with van der Waals surface area (Å²) >= 11 is 5.82. The molecule has 0 saturated heterocycles. The van der Waals surface area contributed by atoms with Gasteiger partial charge in [0.25, 0.3) is 0 Å². The highest BCUT2D eigenvalue weighted by Crippen LogP contribution is 2.13. The molecule has 0 aliphatic heterocycles. The van der Waals surface area contributed by atoms with Crippen LogP contribution in [-0.4, -0.2) is 17.6 Å². The van der Waals surface area contributed by atoms with Crippen LogP contribution in [0.4, 0.5) is 0 Å². The van der Waals surface area contributed by atoms with E-state index in [1.54, 1.807) is 0 Å². The fraction of sp³-hybridized carbons (Fsp3) is 0.188. The van der Waals surface area contributed by atoms with Crippen LogP contribution in [0, 0.1) is 0 Å². The van der Waals surface area contributed by atoms with Gasteiger partial charge in [0.1, 0.15) is 6.04 Å². The van der Waals surface area contributed by atoms with Gasteiger partial charge >= 0.3 is 5.97 Å². The Labute approximate surface area is 123 Å². The number of halogens is 1. The Morgan fingerprint density at radius 2 is 1.75 bits per heavy atom. The lowest BCUT2D eigenvalue weighted by Gasteiger charge is -2.14. The van der Waals surface area contributed by atoms with Crippen molar-refractivity contribution in [2.24, 2.45) is 0 Å². The van der Waals surface area contributed by atoms with E-state index < -0.39 is 12.0 Å². The molecule has 0 fully saturated rings. The highest BCUT2D eigenvalue weighted by molar-refractivity contribution is 6.30. The topological polar surface area (TPSA) is 49.3 Å². The third-order valence-electron chi connectivity index (χ3n) is 3.06. The second-order valence-electron chi connectivity index (χ2n) is 4.51. The summed E-state index contributed by atoms with van der Waals surface area (Å²) in [5.41, 5.74) is 1.88. The van der Waals surface area contributed by atoms with Gasteiger partial charge < -0.3 is 10.4 Å². The summed E-state index contributed by atoms with van der Waals surface area (Å²) in [4.78, 5) is 11.3. The molecule has 0 aliphatic carbocycles. The monoisotopic (exact) mass is 289 g/mol. The van der Waals surface area contributed by atoms with Gasteiger partial charge in [0.05, 0.1) is 0 Å². The molecule has 0 aromatic heterocycles. The lowest BCUT2D eigenvalue weighted by atomic mass is 10.1. The van der Waals surface area contributed by atoms with Gasteiger partial charge in [-0.25, -0.2) is 0 Å². The fourth-order valence-corrected chi connectivity index (χ4v) is 2.13. The summed E-state index contributed by atoms with van der Waals surface area (Å²) in [6.45, 7) is 0.591. The van der Waals surface area contributed by atoms with Gasteiger partial charge in [-0.2, -0.15) is 0 Å². The van der Waals surface area contributed by atoms with Crippen LogP contribution in [0.3, 0.4) is 0 Å². The maximum Gasteiger partial charge on any atom is 0.325 e. The van der Waals surface area contributed by atoms with Crippen molar-refractivity contribution in [3.8, 4) is 0 Å². The number of carbonyl (C=O) groups is 1. The molecule has 0 aliphatic rings. The van der Waals surface area contributed by atoms with Gasteiger partial charge in [-0.1, -0.05) is 54.1 Å². The molecule has 2 aromatic carbocycles. The van der Waals surface area contributed by atoms with E-state index in [4.69, 9.17) is 11.6 Å². The minimum atomic E-state index is -0.868. The van der Waals surface area contributed by atoms with Gasteiger partial charge in [-0.3, -0.25) is 4.79 Å². The molecule has 0 amide bonds. The molecule has 0 spiro atoms. The van der Waals surface area contributed by atoms with Crippen molar-refractivity contribution in [1.29, 1.82) is 0 Å². The van der Waals surface area contributed by atoms with Crippen molar-refractivity contribution >= 4 is 17.6 Å². The molecule has 0 radical (unpaired) electrons. The average Bonchev–Trinajstić information content (AvgIpc) is 2.46. The van der Waals surface area contributed by atoms with Crippen LogP contribution >= 0.6 is 11.6 Å². The fourth-order valence-electron chi connectivity index (χ4n) is 2.01. The minimum absolute atomic E-state index is 0.591. The Bertz CT molecular complexity index is 554. The zero-order valence-corrected chi connectivity index (χ0v) is 11.7. The first-order valence-corrected chi connectivity index (χ1v) is 6.80. The number of carboxylic acid groups (broad SMARTS) is 1. The van der Waals surface area contributed by atoms with Gasteiger partial charge in [-0.15, -0.1) is 0 Å². The molecule has 20 heavy (non-hydrogen) atoms. The number of nitrogens with one attached hydrogen (secondary N) is 1. The summed E-state index contributed by atoms with van der Waals surface area (Å²) in [5.74, 6) is -0.868. The SMILES string of the molecule is O=C(O)C(NCCc1ccc(Cl)cc1)c1ccccc1. The van der Waals surface area contributed by atoms with Crippen molar-refractivity contribution < 1.29 is 9.90 Å². The first kappa shape index (κ1) is 14.6. The highest BCUT2D eigenvalue weighted by Gasteiger charge is 2.18. The van der Waals surface area contributed by atoms with Gasteiger partial charge in [0.15, 0.2) is 0 Å². The number of hydrogen-bond acceptors (Lipinski definition) is 2. The summed E-state index contributed by atoms with van der Waals surface area (Å²) in [7, 11) is 0. The van der Waals surface area contributed by atoms with Crippen LogP contribution in [0.5, 0.6) is 0 Å². The maximum absolute atomic E-state index is 11.3. The van der Waals surface area contributed by atoms with E-state index in [1.807, 2.05) is 54.6 Å². The summed E-state index contributed by atoms with van der Waals surface area (Å²) < 4.78 is 0. The Hall–Kier alpha value is -1.84. The maximum atomic E-state index is 11.3. The molecule has 2 aromatic rings. The average molecular weight is 290 g/mol. The third-order valence-corrected chi connectivity index (χ3v) is 3.31. The van der Waals surface area contributed by atoms with Crippen molar-refractivity contribution in [2.75, 3.05) is 6.54 Å². The normalized spacial score (nSPS) is 12.1. The molecule has 1 atom stereocenters. The van der Waals surface area contributed by atoms with E-state index in [0.717, 1.165) is 17.5 Å². The van der Waals surface area contributed by atoms with E-state index in [9.17, 15) is 9.90 Å². The molecule has 3 nitrogen and oxygen atoms in total. The quantitative estimate of drug-likeness (QED) is 0.858. The molecule has 104 valence electrons. The molecule has 2 rings (SSSR count). The first-order valence-electron chi connectivity index (χ1n) is 6.42. The van der Waals surface area contributed by atoms with Crippen molar-refractivity contribution in [1.82, 2.24) is 5.32 Å². The highest BCUT2D eigenvalue weighted by atomic mass is 35.5. The zero-order chi connectivity index (χ0) is 14.4. The van der Waals surface area contributed by atoms with Crippen LogP contribution in [0.25, 0.3) is 0 Å². The Kier molecular flexibility index (Phi) is 5.16. The van der Waals surface area contributed by atoms with Crippen molar-refractivity contribution in [3.63, 3.8) is 0 Å². The van der Waals surface area contributed by atoms with E-state index in [1.165, 1.54) is 0 Å². The molecule has 0 bridgehead atoms. The summed E-state index contributed by atoms with van der Waals surface area (Å²) in [6, 6.07) is 16.1. The van der Waals surface area contributed by atoms with Crippen molar-refractivity contribution in [2.45, 2.75) is 12.5 Å². The number of aliphatic carboxylic acids is 1. The molecule has 0 saturated carbocycles. The lowest BCUT2D eigenvalue weighted by molar-refractivity contribution is -0.139. The zero-order valence-electron chi connectivity index (χ0n) is 10.9. The molecular weight excluding hydrogens is 274 g/mol. The van der Waals surface area contributed by atoms with E-state index in [-0.39, 0.29) is 0 Å². The predicted octanol–water partition coefficient (Wildman–Crippen LogP) is 3.30. The predicted molar refractivity (Wildman–Crippen MR) is 80.0 cm³/mol. The number of benzene rings is 2. The lowest BCUT2D eigenvalue weighted by Crippen LogP contribution is -2.30. The van der Waals surface area contributed by atoms with Gasteiger partial charge in [-0.05, 0) is 29.7 Å². The van der Waals surface area contributed by atoms with Crippen LogP contribution in [-0.2, 0) is 11.2 Å². The Morgan fingerprint density at radius 1 is 1.10 bits per heavy atom. The molecule has 4 heteroatoms. The van der Waals surface area contributed by atoms with E-state index in [2.05, 4.69) is 5.32 Å². The number of carboxylic acids is 1. The second-order valence-corrected chi connectivity index (χ2v) is 4.95. The van der Waals surface area contributed by atoms with Crippen LogP contribution in [0.2, 0.25) is 5.02 Å². The smallest absolute Gasteiger partial charge is 0.325 e. The standard InChI is InChI=1S/C16H16ClNO2/c17-14-8-6-12(7-9-14)10-11-18-15(16(19)20)13-4-2-1-3-5-13/h1-9,15,18H,10-11H2,(H,19,20). The third kappa shape index (κ3) is 4.08. The van der Waals surface area contributed by atoms with E-state index in [0.29, 0.717) is 11.6 Å². The summed E-state index contributed by atoms with van der Waals surface area (Å²) in [6.07, 6.45) is 0.758. The van der Waals surface area contributed by atoms with E-state index >= 15 is 0 Å². The molecule has 0 heterocycles. The minimum Gasteiger partial charge on any atom is -0.480 e. The first-order chi connectivity index (χ1) is 9.66. The molecule has 1 unspecified atom stereocenters. The largest absolute Gasteiger partial charge is 0.480 e. The van der Waals surface area contributed by atoms with Crippen molar-refractivity contribution in [3.05, 3.63) is 70.7 Å². The summed E-state index contributed by atoms with van der Waals surface area (Å²) in [5, 5.41) is 13.0. The Balaban J connectivity index is 1.93. The van der Waals surface area contributed by atoms with Crippen LogP contribution < -0.4 is 5.32 Å². The number of hydrogen-bond donors (Lipinski definition) is 2. The Morgan fingerprint density at radius 3 is 2.35 bits per heavy atom. The number of rotatable bonds is 6. The van der Waals surface area contributed by atoms with Gasteiger partial charge in [0, 0.05) is 11.6 Å².